The molecule has 0 saturated carbocycles. The molecule has 1 saturated heterocycles. The minimum atomic E-state index is 0.153. The first-order chi connectivity index (χ1) is 8.65. The zero-order valence-corrected chi connectivity index (χ0v) is 11.4. The van der Waals surface area contributed by atoms with Gasteiger partial charge in [0.25, 0.3) is 0 Å². The maximum Gasteiger partial charge on any atom is 0.223 e. The third-order valence-electron chi connectivity index (χ3n) is 3.54. The first-order valence-electron chi connectivity index (χ1n) is 6.33. The van der Waals surface area contributed by atoms with Gasteiger partial charge in [0, 0.05) is 23.9 Å². The minimum Gasteiger partial charge on any atom is -0.335 e. The standard InChI is InChI=1S/C15H18ClNO/c1-3-11-9-15(18)17(10-11)14(4-2)12-5-7-13(16)8-6-12/h3,5-8,11,14H,1,4,9-10H2,2H3. The van der Waals surface area contributed by atoms with E-state index in [2.05, 4.69) is 13.5 Å². The lowest BCUT2D eigenvalue weighted by molar-refractivity contribution is -0.129. The molecule has 0 aliphatic carbocycles. The highest BCUT2D eigenvalue weighted by molar-refractivity contribution is 6.30. The Morgan fingerprint density at radius 3 is 2.67 bits per heavy atom. The van der Waals surface area contributed by atoms with Crippen LogP contribution in [0.1, 0.15) is 31.4 Å². The van der Waals surface area contributed by atoms with Crippen LogP contribution in [0.25, 0.3) is 0 Å². The highest BCUT2D eigenvalue weighted by atomic mass is 35.5. The monoisotopic (exact) mass is 263 g/mol. The van der Waals surface area contributed by atoms with Gasteiger partial charge in [0.2, 0.25) is 5.91 Å². The third-order valence-corrected chi connectivity index (χ3v) is 3.79. The molecule has 1 aliphatic heterocycles. The van der Waals surface area contributed by atoms with Gasteiger partial charge in [0.1, 0.15) is 0 Å². The van der Waals surface area contributed by atoms with Crippen LogP contribution in [0.15, 0.2) is 36.9 Å². The van der Waals surface area contributed by atoms with Crippen molar-refractivity contribution in [3.05, 3.63) is 47.5 Å². The molecule has 0 N–H and O–H groups in total. The number of nitrogens with zero attached hydrogens (tertiary/aromatic N) is 1. The number of carbonyl (C=O) groups is 1. The molecular weight excluding hydrogens is 246 g/mol. The molecule has 0 bridgehead atoms. The van der Waals surface area contributed by atoms with E-state index in [4.69, 9.17) is 11.6 Å². The summed E-state index contributed by atoms with van der Waals surface area (Å²) in [6, 6.07) is 7.92. The average molecular weight is 264 g/mol. The molecule has 1 aromatic carbocycles. The average Bonchev–Trinajstić information content (AvgIpc) is 2.74. The van der Waals surface area contributed by atoms with Gasteiger partial charge in [-0.15, -0.1) is 6.58 Å². The fourth-order valence-electron chi connectivity index (χ4n) is 2.54. The lowest BCUT2D eigenvalue weighted by Crippen LogP contribution is -2.29. The topological polar surface area (TPSA) is 20.3 Å². The van der Waals surface area contributed by atoms with Crippen molar-refractivity contribution >= 4 is 17.5 Å². The Kier molecular flexibility index (Phi) is 4.07. The van der Waals surface area contributed by atoms with E-state index in [0.717, 1.165) is 23.6 Å². The van der Waals surface area contributed by atoms with Gasteiger partial charge < -0.3 is 4.90 Å². The Balaban J connectivity index is 2.21. The summed E-state index contributed by atoms with van der Waals surface area (Å²) in [6.45, 7) is 6.67. The highest BCUT2D eigenvalue weighted by Gasteiger charge is 2.32. The molecule has 1 fully saturated rings. The zero-order chi connectivity index (χ0) is 13.1. The second-order valence-electron chi connectivity index (χ2n) is 4.72. The maximum absolute atomic E-state index is 12.0. The second-order valence-corrected chi connectivity index (χ2v) is 5.16. The smallest absolute Gasteiger partial charge is 0.223 e. The van der Waals surface area contributed by atoms with Gasteiger partial charge in [-0.2, -0.15) is 0 Å². The number of halogens is 1. The van der Waals surface area contributed by atoms with Crippen molar-refractivity contribution in [3.63, 3.8) is 0 Å². The molecule has 0 aromatic heterocycles. The predicted octanol–water partition coefficient (Wildman–Crippen LogP) is 3.83. The van der Waals surface area contributed by atoms with Crippen LogP contribution in [0.3, 0.4) is 0 Å². The summed E-state index contributed by atoms with van der Waals surface area (Å²) in [5.74, 6) is 0.514. The molecule has 1 heterocycles. The van der Waals surface area contributed by atoms with Gasteiger partial charge in [-0.1, -0.05) is 36.7 Å². The summed E-state index contributed by atoms with van der Waals surface area (Å²) >= 11 is 5.90. The lowest BCUT2D eigenvalue weighted by Gasteiger charge is -2.27. The van der Waals surface area contributed by atoms with Crippen LogP contribution in [-0.4, -0.2) is 17.4 Å². The van der Waals surface area contributed by atoms with E-state index in [1.54, 1.807) is 0 Å². The second kappa shape index (κ2) is 5.57. The van der Waals surface area contributed by atoms with Gasteiger partial charge in [0.05, 0.1) is 6.04 Å². The number of hydrogen-bond donors (Lipinski definition) is 0. The van der Waals surface area contributed by atoms with E-state index in [1.165, 1.54) is 0 Å². The van der Waals surface area contributed by atoms with Crippen molar-refractivity contribution in [2.45, 2.75) is 25.8 Å². The number of amides is 1. The number of rotatable bonds is 4. The first kappa shape index (κ1) is 13.2. The largest absolute Gasteiger partial charge is 0.335 e. The maximum atomic E-state index is 12.0. The van der Waals surface area contributed by atoms with Crippen LogP contribution in [0.5, 0.6) is 0 Å². The Bertz CT molecular complexity index is 440. The van der Waals surface area contributed by atoms with Gasteiger partial charge in [-0.25, -0.2) is 0 Å². The molecule has 1 aromatic rings. The molecule has 2 nitrogen and oxygen atoms in total. The first-order valence-corrected chi connectivity index (χ1v) is 6.71. The lowest BCUT2D eigenvalue weighted by atomic mass is 10.0. The van der Waals surface area contributed by atoms with Crippen LogP contribution in [-0.2, 0) is 4.79 Å². The van der Waals surface area contributed by atoms with Crippen LogP contribution >= 0.6 is 11.6 Å². The van der Waals surface area contributed by atoms with E-state index in [0.29, 0.717) is 12.3 Å². The Morgan fingerprint density at radius 2 is 2.17 bits per heavy atom. The number of hydrogen-bond acceptors (Lipinski definition) is 1. The molecule has 3 heteroatoms. The molecule has 1 aliphatic rings. The van der Waals surface area contributed by atoms with E-state index >= 15 is 0 Å². The SMILES string of the molecule is C=CC1CC(=O)N(C(CC)c2ccc(Cl)cc2)C1. The summed E-state index contributed by atoms with van der Waals surface area (Å²) in [6.07, 6.45) is 3.39. The van der Waals surface area contributed by atoms with Crippen molar-refractivity contribution in [2.24, 2.45) is 5.92 Å². The van der Waals surface area contributed by atoms with Crippen LogP contribution in [0.4, 0.5) is 0 Å². The van der Waals surface area contributed by atoms with Gasteiger partial charge in [-0.3, -0.25) is 4.79 Å². The van der Waals surface area contributed by atoms with Crippen molar-refractivity contribution in [2.75, 3.05) is 6.54 Å². The van der Waals surface area contributed by atoms with E-state index < -0.39 is 0 Å². The Hall–Kier alpha value is -1.28. The van der Waals surface area contributed by atoms with E-state index in [1.807, 2.05) is 35.2 Å². The highest BCUT2D eigenvalue weighted by Crippen LogP contribution is 2.31. The molecule has 2 atom stereocenters. The minimum absolute atomic E-state index is 0.153. The zero-order valence-electron chi connectivity index (χ0n) is 10.6. The van der Waals surface area contributed by atoms with Gasteiger partial charge in [-0.05, 0) is 24.1 Å². The summed E-state index contributed by atoms with van der Waals surface area (Å²) in [5.41, 5.74) is 1.15. The molecule has 0 radical (unpaired) electrons. The summed E-state index contributed by atoms with van der Waals surface area (Å²) in [5, 5.41) is 0.727. The van der Waals surface area contributed by atoms with Crippen molar-refractivity contribution in [1.29, 1.82) is 0 Å². The molecule has 2 unspecified atom stereocenters. The van der Waals surface area contributed by atoms with Crippen molar-refractivity contribution in [3.8, 4) is 0 Å². The third kappa shape index (κ3) is 2.59. The van der Waals surface area contributed by atoms with Crippen LogP contribution in [0, 0.1) is 5.92 Å². The summed E-state index contributed by atoms with van der Waals surface area (Å²) in [4.78, 5) is 14.0. The normalized spacial score (nSPS) is 21.1. The molecule has 0 spiro atoms. The van der Waals surface area contributed by atoms with Crippen molar-refractivity contribution in [1.82, 2.24) is 4.90 Å². The van der Waals surface area contributed by atoms with E-state index in [-0.39, 0.29) is 11.9 Å². The van der Waals surface area contributed by atoms with E-state index in [9.17, 15) is 4.79 Å². The summed E-state index contributed by atoms with van der Waals surface area (Å²) < 4.78 is 0. The predicted molar refractivity (Wildman–Crippen MR) is 74.5 cm³/mol. The van der Waals surface area contributed by atoms with Crippen LogP contribution < -0.4 is 0 Å². The Morgan fingerprint density at radius 1 is 1.50 bits per heavy atom. The van der Waals surface area contributed by atoms with Gasteiger partial charge >= 0.3 is 0 Å². The fourth-order valence-corrected chi connectivity index (χ4v) is 2.67. The molecular formula is C15H18ClNO. The molecule has 2 rings (SSSR count). The van der Waals surface area contributed by atoms with Crippen molar-refractivity contribution < 1.29 is 4.79 Å². The van der Waals surface area contributed by atoms with Crippen LogP contribution in [0.2, 0.25) is 5.02 Å². The number of benzene rings is 1. The Labute approximate surface area is 113 Å². The fraction of sp³-hybridized carbons (Fsp3) is 0.400. The summed E-state index contributed by atoms with van der Waals surface area (Å²) in [7, 11) is 0. The quantitative estimate of drug-likeness (QED) is 0.756. The number of likely N-dealkylation sites (tertiary alicyclic amines) is 1. The molecule has 1 amide bonds. The molecule has 18 heavy (non-hydrogen) atoms. The molecule has 96 valence electrons. The van der Waals surface area contributed by atoms with Gasteiger partial charge in [0.15, 0.2) is 0 Å². The number of carbonyl (C=O) groups excluding carboxylic acids is 1.